The summed E-state index contributed by atoms with van der Waals surface area (Å²) in [6.45, 7) is 7.19. The van der Waals surface area contributed by atoms with Crippen LogP contribution in [0.1, 0.15) is 52.9 Å². The minimum absolute atomic E-state index is 0.270. The van der Waals surface area contributed by atoms with Gasteiger partial charge in [0.1, 0.15) is 11.4 Å². The molecular formula is C16H25N3O. The molecule has 1 saturated carbocycles. The first-order valence-corrected chi connectivity index (χ1v) is 7.47. The molecule has 0 saturated heterocycles. The van der Waals surface area contributed by atoms with E-state index in [0.717, 1.165) is 25.7 Å². The van der Waals surface area contributed by atoms with Gasteiger partial charge >= 0.3 is 6.03 Å². The zero-order valence-electron chi connectivity index (χ0n) is 12.8. The van der Waals surface area contributed by atoms with Crippen LogP contribution in [0, 0.1) is 23.7 Å². The van der Waals surface area contributed by atoms with Crippen molar-refractivity contribution in [3.63, 3.8) is 0 Å². The van der Waals surface area contributed by atoms with E-state index in [1.54, 1.807) is 4.90 Å². The number of hydrogen-bond acceptors (Lipinski definition) is 2. The number of carbonyl (C=O) groups is 1. The first kappa shape index (κ1) is 14.9. The highest BCUT2D eigenvalue weighted by molar-refractivity contribution is 6.06. The summed E-state index contributed by atoms with van der Waals surface area (Å²) in [5, 5.41) is 0. The largest absolute Gasteiger partial charge is 0.385 e. The summed E-state index contributed by atoms with van der Waals surface area (Å²) >= 11 is 0. The summed E-state index contributed by atoms with van der Waals surface area (Å²) in [5.74, 6) is 3.70. The Kier molecular flexibility index (Phi) is 3.82. The predicted octanol–water partition coefficient (Wildman–Crippen LogP) is 2.78. The molecule has 1 heterocycles. The van der Waals surface area contributed by atoms with E-state index in [2.05, 4.69) is 31.7 Å². The fourth-order valence-electron chi connectivity index (χ4n) is 3.59. The Bertz CT molecular complexity index is 465. The summed E-state index contributed by atoms with van der Waals surface area (Å²) in [7, 11) is 0. The van der Waals surface area contributed by atoms with Gasteiger partial charge in [-0.3, -0.25) is 4.90 Å². The molecule has 1 aliphatic carbocycles. The summed E-state index contributed by atoms with van der Waals surface area (Å²) in [6, 6.07) is -0.270. The van der Waals surface area contributed by atoms with Crippen LogP contribution in [0.4, 0.5) is 4.79 Å². The Hall–Kier alpha value is -1.50. The molecule has 2 aliphatic rings. The van der Waals surface area contributed by atoms with Gasteiger partial charge in [-0.1, -0.05) is 33.1 Å². The van der Waals surface area contributed by atoms with Crippen molar-refractivity contribution in [1.82, 2.24) is 4.90 Å². The van der Waals surface area contributed by atoms with E-state index in [-0.39, 0.29) is 6.03 Å². The summed E-state index contributed by atoms with van der Waals surface area (Å²) in [5.41, 5.74) is 5.99. The second kappa shape index (κ2) is 5.12. The molecule has 4 heteroatoms. The molecule has 0 aromatic rings. The number of amides is 2. The molecule has 2 rings (SSSR count). The smallest absolute Gasteiger partial charge is 0.346 e. The van der Waals surface area contributed by atoms with Gasteiger partial charge in [0, 0.05) is 0 Å². The maximum atomic E-state index is 11.9. The first-order valence-electron chi connectivity index (χ1n) is 7.47. The zero-order chi connectivity index (χ0) is 15.0. The van der Waals surface area contributed by atoms with Gasteiger partial charge in [0.2, 0.25) is 0 Å². The number of hydrogen-bond donors (Lipinski definition) is 1. The van der Waals surface area contributed by atoms with E-state index in [0.29, 0.717) is 23.7 Å². The Morgan fingerprint density at radius 3 is 2.60 bits per heavy atom. The fraction of sp³-hybridized carbons (Fsp3) is 0.750. The van der Waals surface area contributed by atoms with Crippen LogP contribution in [-0.2, 0) is 0 Å². The van der Waals surface area contributed by atoms with Crippen LogP contribution in [0.5, 0.6) is 0 Å². The van der Waals surface area contributed by atoms with Gasteiger partial charge < -0.3 is 5.73 Å². The maximum Gasteiger partial charge on any atom is 0.346 e. The molecule has 1 spiro atoms. The van der Waals surface area contributed by atoms with Crippen LogP contribution >= 0.6 is 0 Å². The van der Waals surface area contributed by atoms with Crippen LogP contribution in [-0.4, -0.2) is 28.9 Å². The van der Waals surface area contributed by atoms with Gasteiger partial charge in [0.05, 0.1) is 6.54 Å². The van der Waals surface area contributed by atoms with Crippen molar-refractivity contribution in [3.05, 3.63) is 0 Å². The molecule has 110 valence electrons. The lowest BCUT2D eigenvalue weighted by molar-refractivity contribution is 0.0849. The standard InChI is InChI=1S/C16H25N3O/c1-5-11-19-14(20)18-13(17)16(19)9-7-12(8-10-16)15(3,4)6-2/h1,12H,6-11H2,2-4H3,(H2,17,18,20). The Morgan fingerprint density at radius 1 is 1.50 bits per heavy atom. The molecule has 0 radical (unpaired) electrons. The monoisotopic (exact) mass is 275 g/mol. The lowest BCUT2D eigenvalue weighted by Crippen LogP contribution is -2.56. The SMILES string of the molecule is C#CCN1C(=O)N=C(N)C12CCC(C(C)(C)CC)CC2. The highest BCUT2D eigenvalue weighted by Gasteiger charge is 2.51. The topological polar surface area (TPSA) is 58.7 Å². The van der Waals surface area contributed by atoms with Crippen molar-refractivity contribution < 1.29 is 4.79 Å². The molecule has 4 nitrogen and oxygen atoms in total. The van der Waals surface area contributed by atoms with Crippen LogP contribution in [0.25, 0.3) is 0 Å². The van der Waals surface area contributed by atoms with Crippen molar-refractivity contribution in [2.24, 2.45) is 22.1 Å². The van der Waals surface area contributed by atoms with Crippen molar-refractivity contribution in [1.29, 1.82) is 0 Å². The molecule has 2 N–H and O–H groups in total. The second-order valence-electron chi connectivity index (χ2n) is 6.72. The molecule has 2 amide bonds. The van der Waals surface area contributed by atoms with E-state index in [4.69, 9.17) is 12.2 Å². The van der Waals surface area contributed by atoms with Gasteiger partial charge in [-0.2, -0.15) is 4.99 Å². The number of urea groups is 1. The third kappa shape index (κ3) is 2.19. The van der Waals surface area contributed by atoms with E-state index < -0.39 is 5.54 Å². The number of amidine groups is 1. The normalized spacial score (nSPS) is 30.5. The third-order valence-electron chi connectivity index (χ3n) is 5.52. The quantitative estimate of drug-likeness (QED) is 0.805. The van der Waals surface area contributed by atoms with E-state index >= 15 is 0 Å². The third-order valence-corrected chi connectivity index (χ3v) is 5.52. The van der Waals surface area contributed by atoms with Gasteiger partial charge in [-0.15, -0.1) is 6.42 Å². The average Bonchev–Trinajstić information content (AvgIpc) is 2.64. The molecule has 1 fully saturated rings. The summed E-state index contributed by atoms with van der Waals surface area (Å²) < 4.78 is 0. The number of nitrogens with zero attached hydrogens (tertiary/aromatic N) is 2. The second-order valence-corrected chi connectivity index (χ2v) is 6.72. The summed E-state index contributed by atoms with van der Waals surface area (Å²) in [6.07, 6.45) is 10.5. The van der Waals surface area contributed by atoms with Crippen LogP contribution in [0.15, 0.2) is 4.99 Å². The lowest BCUT2D eigenvalue weighted by Gasteiger charge is -2.46. The van der Waals surface area contributed by atoms with E-state index in [1.165, 1.54) is 6.42 Å². The highest BCUT2D eigenvalue weighted by Crippen LogP contribution is 2.46. The number of nitrogens with two attached hydrogens (primary N) is 1. The van der Waals surface area contributed by atoms with Gasteiger partial charge in [-0.05, 0) is 37.0 Å². The molecule has 0 bridgehead atoms. The van der Waals surface area contributed by atoms with Crippen LogP contribution in [0.2, 0.25) is 0 Å². The Labute approximate surface area is 121 Å². The minimum atomic E-state index is -0.413. The lowest BCUT2D eigenvalue weighted by atomic mass is 9.65. The van der Waals surface area contributed by atoms with Gasteiger partial charge in [0.25, 0.3) is 0 Å². The van der Waals surface area contributed by atoms with Crippen molar-refractivity contribution >= 4 is 11.9 Å². The van der Waals surface area contributed by atoms with Crippen LogP contribution in [0.3, 0.4) is 0 Å². The van der Waals surface area contributed by atoms with E-state index in [1.807, 2.05) is 0 Å². The van der Waals surface area contributed by atoms with Crippen molar-refractivity contribution in [3.8, 4) is 12.3 Å². The maximum absolute atomic E-state index is 11.9. The molecule has 0 aromatic heterocycles. The Balaban J connectivity index is 2.17. The van der Waals surface area contributed by atoms with Crippen molar-refractivity contribution in [2.75, 3.05) is 6.54 Å². The fourth-order valence-corrected chi connectivity index (χ4v) is 3.59. The minimum Gasteiger partial charge on any atom is -0.385 e. The number of terminal acetylenes is 1. The van der Waals surface area contributed by atoms with Gasteiger partial charge in [-0.25, -0.2) is 4.79 Å². The molecule has 0 atom stereocenters. The van der Waals surface area contributed by atoms with Crippen molar-refractivity contribution in [2.45, 2.75) is 58.4 Å². The molecule has 0 unspecified atom stereocenters. The number of aliphatic imine (C=N–C) groups is 1. The zero-order valence-corrected chi connectivity index (χ0v) is 12.8. The predicted molar refractivity (Wildman–Crippen MR) is 81.3 cm³/mol. The molecule has 0 aromatic carbocycles. The number of rotatable bonds is 3. The molecule has 1 aliphatic heterocycles. The Morgan fingerprint density at radius 2 is 2.10 bits per heavy atom. The first-order chi connectivity index (χ1) is 9.37. The molecular weight excluding hydrogens is 250 g/mol. The highest BCUT2D eigenvalue weighted by atomic mass is 16.2. The molecule has 20 heavy (non-hydrogen) atoms. The van der Waals surface area contributed by atoms with Gasteiger partial charge in [0.15, 0.2) is 0 Å². The summed E-state index contributed by atoms with van der Waals surface area (Å²) in [4.78, 5) is 17.6. The number of carbonyl (C=O) groups excluding carboxylic acids is 1. The van der Waals surface area contributed by atoms with Crippen LogP contribution < -0.4 is 5.73 Å². The average molecular weight is 275 g/mol. The van der Waals surface area contributed by atoms with E-state index in [9.17, 15) is 4.79 Å².